The first-order valence-corrected chi connectivity index (χ1v) is 9.69. The molecule has 0 spiro atoms. The highest BCUT2D eigenvalue weighted by molar-refractivity contribution is 7.90. The minimum atomic E-state index is -2.91. The number of hydrogen-bond acceptors (Lipinski definition) is 3. The second-order valence-electron chi connectivity index (χ2n) is 5.70. The third-order valence-electron chi connectivity index (χ3n) is 3.80. The molecule has 0 atom stereocenters. The second-order valence-corrected chi connectivity index (χ2v) is 7.96. The molecule has 1 rings (SSSR count). The van der Waals surface area contributed by atoms with Crippen LogP contribution in [-0.4, -0.2) is 46.5 Å². The molecule has 0 aromatic carbocycles. The van der Waals surface area contributed by atoms with E-state index in [-0.39, 0.29) is 5.75 Å². The van der Waals surface area contributed by atoms with Crippen LogP contribution in [-0.2, 0) is 9.84 Å². The molecule has 2 N–H and O–H groups in total. The Bertz CT molecular complexity index is 387. The number of hydrogen-bond donors (Lipinski definition) is 2. The summed E-state index contributed by atoms with van der Waals surface area (Å²) in [6, 6.07) is 0. The molecule has 1 aliphatic carbocycles. The lowest BCUT2D eigenvalue weighted by Crippen LogP contribution is -2.40. The van der Waals surface area contributed by atoms with Gasteiger partial charge in [0.15, 0.2) is 5.96 Å². The summed E-state index contributed by atoms with van der Waals surface area (Å²) in [7, 11) is -1.21. The van der Waals surface area contributed by atoms with Gasteiger partial charge in [0.2, 0.25) is 0 Å². The summed E-state index contributed by atoms with van der Waals surface area (Å²) in [6.45, 7) is 1.30. The third kappa shape index (κ3) is 8.40. The summed E-state index contributed by atoms with van der Waals surface area (Å²) in [4.78, 5) is 4.09. The Balaban J connectivity index is 2.08. The van der Waals surface area contributed by atoms with Crippen LogP contribution in [0.15, 0.2) is 4.99 Å². The van der Waals surface area contributed by atoms with Gasteiger partial charge in [-0.3, -0.25) is 4.99 Å². The number of aliphatic imine (C=N–C) groups is 1. The first kappa shape index (κ1) is 17.3. The average molecular weight is 303 g/mol. The van der Waals surface area contributed by atoms with Crippen molar-refractivity contribution in [2.24, 2.45) is 10.9 Å². The van der Waals surface area contributed by atoms with E-state index in [1.54, 1.807) is 7.05 Å². The Kier molecular flexibility index (Phi) is 7.95. The van der Waals surface area contributed by atoms with Crippen molar-refractivity contribution in [2.45, 2.75) is 44.9 Å². The van der Waals surface area contributed by atoms with Crippen LogP contribution in [0.1, 0.15) is 44.9 Å². The standard InChI is InChI=1S/C14H29N3O2S/c1-15-14(17-11-12-20(2,18)19)16-10-6-9-13-7-4-3-5-8-13/h13H,3-12H2,1-2H3,(H2,15,16,17). The number of guanidine groups is 1. The van der Waals surface area contributed by atoms with E-state index in [0.29, 0.717) is 12.5 Å². The van der Waals surface area contributed by atoms with Crippen LogP contribution in [0.2, 0.25) is 0 Å². The Morgan fingerprint density at radius 3 is 2.40 bits per heavy atom. The maximum absolute atomic E-state index is 11.0. The van der Waals surface area contributed by atoms with E-state index >= 15 is 0 Å². The highest BCUT2D eigenvalue weighted by Crippen LogP contribution is 2.26. The van der Waals surface area contributed by atoms with E-state index in [4.69, 9.17) is 0 Å². The fourth-order valence-corrected chi connectivity index (χ4v) is 3.12. The molecule has 0 bridgehead atoms. The molecular weight excluding hydrogens is 274 g/mol. The molecule has 118 valence electrons. The molecule has 0 saturated heterocycles. The largest absolute Gasteiger partial charge is 0.356 e. The van der Waals surface area contributed by atoms with Gasteiger partial charge in [0, 0.05) is 26.4 Å². The van der Waals surface area contributed by atoms with Crippen molar-refractivity contribution in [3.63, 3.8) is 0 Å². The van der Waals surface area contributed by atoms with Crippen molar-refractivity contribution in [1.29, 1.82) is 0 Å². The topological polar surface area (TPSA) is 70.6 Å². The molecule has 0 aromatic heterocycles. The van der Waals surface area contributed by atoms with Crippen molar-refractivity contribution >= 4 is 15.8 Å². The van der Waals surface area contributed by atoms with Gasteiger partial charge in [0.05, 0.1) is 5.75 Å². The first-order valence-electron chi connectivity index (χ1n) is 7.63. The number of rotatable bonds is 7. The monoisotopic (exact) mass is 303 g/mol. The second kappa shape index (κ2) is 9.21. The van der Waals surface area contributed by atoms with E-state index in [1.807, 2.05) is 0 Å². The van der Waals surface area contributed by atoms with Crippen LogP contribution < -0.4 is 10.6 Å². The predicted octanol–water partition coefficient (Wildman–Crippen LogP) is 1.56. The molecule has 0 amide bonds. The molecule has 1 fully saturated rings. The zero-order valence-electron chi connectivity index (χ0n) is 12.8. The van der Waals surface area contributed by atoms with Gasteiger partial charge >= 0.3 is 0 Å². The van der Waals surface area contributed by atoms with Crippen LogP contribution in [0.5, 0.6) is 0 Å². The minimum absolute atomic E-state index is 0.135. The molecule has 1 saturated carbocycles. The molecule has 20 heavy (non-hydrogen) atoms. The van der Waals surface area contributed by atoms with E-state index in [1.165, 1.54) is 44.8 Å². The van der Waals surface area contributed by atoms with Crippen molar-refractivity contribution in [1.82, 2.24) is 10.6 Å². The zero-order valence-corrected chi connectivity index (χ0v) is 13.6. The maximum Gasteiger partial charge on any atom is 0.191 e. The third-order valence-corrected chi connectivity index (χ3v) is 4.74. The Morgan fingerprint density at radius 1 is 1.15 bits per heavy atom. The number of nitrogens with one attached hydrogen (secondary N) is 2. The summed E-state index contributed by atoms with van der Waals surface area (Å²) in [5, 5.41) is 6.26. The van der Waals surface area contributed by atoms with Crippen LogP contribution in [0.4, 0.5) is 0 Å². The summed E-state index contributed by atoms with van der Waals surface area (Å²) >= 11 is 0. The van der Waals surface area contributed by atoms with Gasteiger partial charge in [-0.2, -0.15) is 0 Å². The Hall–Kier alpha value is -0.780. The molecule has 0 aliphatic heterocycles. The summed E-state index contributed by atoms with van der Waals surface area (Å²) in [5.74, 6) is 1.73. The zero-order chi connectivity index (χ0) is 14.8. The lowest BCUT2D eigenvalue weighted by molar-refractivity contribution is 0.332. The summed E-state index contributed by atoms with van der Waals surface area (Å²) in [5.41, 5.74) is 0. The molecule has 0 radical (unpaired) electrons. The maximum atomic E-state index is 11.0. The molecule has 5 nitrogen and oxygen atoms in total. The normalized spacial score (nSPS) is 18.0. The van der Waals surface area contributed by atoms with Gasteiger partial charge in [-0.1, -0.05) is 32.1 Å². The first-order chi connectivity index (χ1) is 9.51. The summed E-state index contributed by atoms with van der Waals surface area (Å²) < 4.78 is 22.1. The van der Waals surface area contributed by atoms with Crippen molar-refractivity contribution in [3.8, 4) is 0 Å². The van der Waals surface area contributed by atoms with Gasteiger partial charge in [0.25, 0.3) is 0 Å². The number of sulfone groups is 1. The van der Waals surface area contributed by atoms with E-state index in [2.05, 4.69) is 15.6 Å². The Labute approximate surface area is 123 Å². The van der Waals surface area contributed by atoms with E-state index < -0.39 is 9.84 Å². The number of nitrogens with zero attached hydrogens (tertiary/aromatic N) is 1. The molecular formula is C14H29N3O2S. The average Bonchev–Trinajstić information content (AvgIpc) is 2.41. The van der Waals surface area contributed by atoms with Gasteiger partial charge in [0.1, 0.15) is 9.84 Å². The minimum Gasteiger partial charge on any atom is -0.356 e. The highest BCUT2D eigenvalue weighted by Gasteiger charge is 2.12. The molecule has 1 aliphatic rings. The van der Waals surface area contributed by atoms with Crippen LogP contribution in [0, 0.1) is 5.92 Å². The van der Waals surface area contributed by atoms with Gasteiger partial charge < -0.3 is 10.6 Å². The molecule has 0 unspecified atom stereocenters. The van der Waals surface area contributed by atoms with Gasteiger partial charge in [-0.05, 0) is 18.8 Å². The SMILES string of the molecule is CN=C(NCCCC1CCCCC1)NCCS(C)(=O)=O. The molecule has 0 heterocycles. The lowest BCUT2D eigenvalue weighted by Gasteiger charge is -2.21. The van der Waals surface area contributed by atoms with Crippen LogP contribution in [0.3, 0.4) is 0 Å². The fourth-order valence-electron chi connectivity index (χ4n) is 2.65. The van der Waals surface area contributed by atoms with Gasteiger partial charge in [-0.25, -0.2) is 8.42 Å². The van der Waals surface area contributed by atoms with E-state index in [0.717, 1.165) is 18.9 Å². The molecule has 0 aromatic rings. The van der Waals surface area contributed by atoms with Gasteiger partial charge in [-0.15, -0.1) is 0 Å². The fraction of sp³-hybridized carbons (Fsp3) is 0.929. The van der Waals surface area contributed by atoms with Crippen molar-refractivity contribution < 1.29 is 8.42 Å². The van der Waals surface area contributed by atoms with E-state index in [9.17, 15) is 8.42 Å². The van der Waals surface area contributed by atoms with Crippen molar-refractivity contribution in [2.75, 3.05) is 32.1 Å². The summed E-state index contributed by atoms with van der Waals surface area (Å²) in [6.07, 6.45) is 10.7. The lowest BCUT2D eigenvalue weighted by atomic mass is 9.86. The van der Waals surface area contributed by atoms with Crippen LogP contribution in [0.25, 0.3) is 0 Å². The quantitative estimate of drug-likeness (QED) is 0.425. The van der Waals surface area contributed by atoms with Crippen LogP contribution >= 0.6 is 0 Å². The Morgan fingerprint density at radius 2 is 1.80 bits per heavy atom. The molecule has 6 heteroatoms. The predicted molar refractivity (Wildman–Crippen MR) is 84.9 cm³/mol. The highest BCUT2D eigenvalue weighted by atomic mass is 32.2. The smallest absolute Gasteiger partial charge is 0.191 e. The van der Waals surface area contributed by atoms with Crippen molar-refractivity contribution in [3.05, 3.63) is 0 Å².